The fourth-order valence-corrected chi connectivity index (χ4v) is 6.34. The molecule has 0 saturated carbocycles. The van der Waals surface area contributed by atoms with Gasteiger partial charge >= 0.3 is 0 Å². The number of methoxy groups -OCH3 is 1. The van der Waals surface area contributed by atoms with Crippen molar-refractivity contribution < 1.29 is 9.47 Å². The number of pyridine rings is 2. The lowest BCUT2D eigenvalue weighted by atomic mass is 9.72. The van der Waals surface area contributed by atoms with Crippen LogP contribution >= 0.6 is 0 Å². The number of piperidine rings is 3. The minimum atomic E-state index is -0.138. The first-order valence-corrected chi connectivity index (χ1v) is 12.8. The maximum Gasteiger partial charge on any atom is 0.214 e. The Labute approximate surface area is 207 Å². The zero-order chi connectivity index (χ0) is 23.9. The molecule has 5 heteroatoms. The van der Waals surface area contributed by atoms with E-state index >= 15 is 0 Å². The Hall–Kier alpha value is -3.18. The molecule has 35 heavy (non-hydrogen) atoms. The summed E-state index contributed by atoms with van der Waals surface area (Å²) in [6.07, 6.45) is 5.47. The number of benzene rings is 2. The highest BCUT2D eigenvalue weighted by molar-refractivity contribution is 5.84. The van der Waals surface area contributed by atoms with Crippen molar-refractivity contribution in [2.75, 3.05) is 20.2 Å². The predicted molar refractivity (Wildman–Crippen MR) is 140 cm³/mol. The molecule has 5 nitrogen and oxygen atoms in total. The van der Waals surface area contributed by atoms with Gasteiger partial charge in [-0.25, -0.2) is 4.98 Å². The van der Waals surface area contributed by atoms with Crippen LogP contribution in [0.1, 0.15) is 43.4 Å². The van der Waals surface area contributed by atoms with Crippen molar-refractivity contribution in [2.45, 2.75) is 45.3 Å². The normalized spacial score (nSPS) is 24.5. The van der Waals surface area contributed by atoms with E-state index in [1.54, 1.807) is 7.11 Å². The lowest BCUT2D eigenvalue weighted by Gasteiger charge is -2.51. The maximum atomic E-state index is 6.91. The van der Waals surface area contributed by atoms with Crippen LogP contribution in [0.4, 0.5) is 0 Å². The van der Waals surface area contributed by atoms with Crippen molar-refractivity contribution in [3.63, 3.8) is 0 Å². The first kappa shape index (κ1) is 22.3. The number of aryl methyl sites for hydroxylation is 1. The van der Waals surface area contributed by atoms with Gasteiger partial charge in [0.05, 0.1) is 24.2 Å². The molecule has 180 valence electrons. The number of rotatable bonds is 6. The third-order valence-electron chi connectivity index (χ3n) is 8.25. The van der Waals surface area contributed by atoms with Crippen molar-refractivity contribution in [3.05, 3.63) is 71.9 Å². The van der Waals surface area contributed by atoms with Crippen LogP contribution in [0.25, 0.3) is 21.8 Å². The second-order valence-electron chi connectivity index (χ2n) is 10.1. The van der Waals surface area contributed by atoms with Gasteiger partial charge < -0.3 is 9.47 Å². The topological polar surface area (TPSA) is 47.5 Å². The zero-order valence-corrected chi connectivity index (χ0v) is 20.8. The van der Waals surface area contributed by atoms with E-state index < -0.39 is 0 Å². The van der Waals surface area contributed by atoms with E-state index in [-0.39, 0.29) is 6.10 Å². The largest absolute Gasteiger partial charge is 0.497 e. The Morgan fingerprint density at radius 1 is 1.06 bits per heavy atom. The molecular formula is C30H33N3O2. The van der Waals surface area contributed by atoms with Crippen molar-refractivity contribution >= 4 is 21.8 Å². The smallest absolute Gasteiger partial charge is 0.214 e. The molecule has 0 spiro atoms. The number of hydrogen-bond acceptors (Lipinski definition) is 5. The Kier molecular flexibility index (Phi) is 5.81. The molecule has 3 saturated heterocycles. The Morgan fingerprint density at radius 2 is 1.94 bits per heavy atom. The minimum Gasteiger partial charge on any atom is -0.497 e. The van der Waals surface area contributed by atoms with Crippen LogP contribution in [0.5, 0.6) is 11.6 Å². The number of ether oxygens (including phenoxy) is 2. The van der Waals surface area contributed by atoms with E-state index in [4.69, 9.17) is 14.5 Å². The monoisotopic (exact) mass is 467 g/mol. The highest BCUT2D eigenvalue weighted by atomic mass is 16.5. The summed E-state index contributed by atoms with van der Waals surface area (Å²) in [5.41, 5.74) is 4.27. The predicted octanol–water partition coefficient (Wildman–Crippen LogP) is 6.34. The van der Waals surface area contributed by atoms with Crippen molar-refractivity contribution in [1.29, 1.82) is 0 Å². The van der Waals surface area contributed by atoms with Gasteiger partial charge in [0.25, 0.3) is 0 Å². The van der Waals surface area contributed by atoms with Crippen molar-refractivity contribution in [3.8, 4) is 11.6 Å². The fraction of sp³-hybridized carbons (Fsp3) is 0.400. The molecule has 5 atom stereocenters. The van der Waals surface area contributed by atoms with Gasteiger partial charge in [0.15, 0.2) is 0 Å². The molecule has 7 rings (SSSR count). The number of fused-ring (bicyclic) bond motifs is 5. The van der Waals surface area contributed by atoms with Crippen LogP contribution in [0.2, 0.25) is 0 Å². The van der Waals surface area contributed by atoms with Gasteiger partial charge in [-0.1, -0.05) is 31.5 Å². The summed E-state index contributed by atoms with van der Waals surface area (Å²) in [6.45, 7) is 6.76. The molecule has 2 bridgehead atoms. The molecule has 3 aliphatic rings. The first-order chi connectivity index (χ1) is 17.1. The number of hydrogen-bond donors (Lipinski definition) is 0. The summed E-state index contributed by atoms with van der Waals surface area (Å²) in [5, 5.41) is 2.26. The molecule has 0 radical (unpaired) electrons. The average molecular weight is 468 g/mol. The van der Waals surface area contributed by atoms with Crippen molar-refractivity contribution in [1.82, 2.24) is 14.9 Å². The molecule has 4 aromatic rings. The van der Waals surface area contributed by atoms with Gasteiger partial charge in [-0.05, 0) is 74.0 Å². The van der Waals surface area contributed by atoms with Crippen LogP contribution in [-0.4, -0.2) is 41.1 Å². The SMILES string of the molecule is CCC1CN2CC[C@H]1C[C@H]2C(Oc1cc(C)c2ccccc2n1)c1ccnc2ccc(OC)cc12. The molecule has 2 aromatic heterocycles. The van der Waals surface area contributed by atoms with E-state index in [1.807, 2.05) is 24.4 Å². The molecule has 0 amide bonds. The van der Waals surface area contributed by atoms with E-state index in [0.29, 0.717) is 11.9 Å². The Bertz CT molecular complexity index is 1370. The van der Waals surface area contributed by atoms with Crippen molar-refractivity contribution in [2.24, 2.45) is 11.8 Å². The minimum absolute atomic E-state index is 0.138. The third-order valence-corrected chi connectivity index (χ3v) is 8.25. The van der Waals surface area contributed by atoms with Crippen LogP contribution in [0.15, 0.2) is 60.8 Å². The summed E-state index contributed by atoms with van der Waals surface area (Å²) in [4.78, 5) is 12.2. The quantitative estimate of drug-likeness (QED) is 0.331. The highest BCUT2D eigenvalue weighted by Gasteiger charge is 2.44. The van der Waals surface area contributed by atoms with Crippen LogP contribution in [-0.2, 0) is 0 Å². The molecule has 0 N–H and O–H groups in total. The molecular weight excluding hydrogens is 434 g/mol. The maximum absolute atomic E-state index is 6.91. The molecule has 2 aromatic carbocycles. The second kappa shape index (κ2) is 9.12. The van der Waals surface area contributed by atoms with Gasteiger partial charge in [-0.2, -0.15) is 0 Å². The first-order valence-electron chi connectivity index (χ1n) is 12.8. The molecule has 5 heterocycles. The summed E-state index contributed by atoms with van der Waals surface area (Å²) in [6, 6.07) is 18.9. The standard InChI is InChI=1S/C30H33N3O2/c1-4-20-18-33-14-12-21(20)16-28(33)30(24-11-13-31-26-10-9-22(34-3)17-25(24)26)35-29-15-19(2)23-7-5-6-8-27(23)32-29/h5-11,13,15,17,20-21,28,30H,4,12,14,16,18H2,1-3H3/t20?,21-,28-,30?/m0/s1. The summed E-state index contributed by atoms with van der Waals surface area (Å²) in [5.74, 6) is 3.07. The fourth-order valence-electron chi connectivity index (χ4n) is 6.34. The molecule has 3 fully saturated rings. The lowest BCUT2D eigenvalue weighted by Crippen LogP contribution is -2.56. The number of aromatic nitrogens is 2. The van der Waals surface area contributed by atoms with Gasteiger partial charge in [0, 0.05) is 35.1 Å². The Morgan fingerprint density at radius 3 is 2.74 bits per heavy atom. The van der Waals surface area contributed by atoms with Crippen LogP contribution in [0.3, 0.4) is 0 Å². The van der Waals surface area contributed by atoms with Crippen LogP contribution < -0.4 is 9.47 Å². The third kappa shape index (κ3) is 4.02. The zero-order valence-electron chi connectivity index (χ0n) is 20.8. The average Bonchev–Trinajstić information content (AvgIpc) is 2.91. The summed E-state index contributed by atoms with van der Waals surface area (Å²) >= 11 is 0. The second-order valence-corrected chi connectivity index (χ2v) is 10.1. The van der Waals surface area contributed by atoms with E-state index in [9.17, 15) is 0 Å². The number of para-hydroxylation sites is 1. The number of nitrogens with zero attached hydrogens (tertiary/aromatic N) is 3. The van der Waals surface area contributed by atoms with Crippen LogP contribution in [0, 0.1) is 18.8 Å². The van der Waals surface area contributed by atoms with Gasteiger partial charge in [-0.3, -0.25) is 9.88 Å². The molecule has 3 aliphatic heterocycles. The summed E-state index contributed by atoms with van der Waals surface area (Å²) in [7, 11) is 1.71. The Balaban J connectivity index is 1.46. The van der Waals surface area contributed by atoms with Gasteiger partial charge in [0.2, 0.25) is 5.88 Å². The molecule has 0 aliphatic carbocycles. The van der Waals surface area contributed by atoms with E-state index in [0.717, 1.165) is 59.1 Å². The summed E-state index contributed by atoms with van der Waals surface area (Å²) < 4.78 is 12.5. The lowest BCUT2D eigenvalue weighted by molar-refractivity contribution is -0.0492. The van der Waals surface area contributed by atoms with E-state index in [2.05, 4.69) is 60.1 Å². The molecule has 3 unspecified atom stereocenters. The van der Waals surface area contributed by atoms with Gasteiger partial charge in [0.1, 0.15) is 11.9 Å². The van der Waals surface area contributed by atoms with Gasteiger partial charge in [-0.15, -0.1) is 0 Å². The highest BCUT2D eigenvalue weighted by Crippen LogP contribution is 2.44. The van der Waals surface area contributed by atoms with E-state index in [1.165, 1.54) is 23.8 Å².